The molecule has 0 spiro atoms. The third kappa shape index (κ3) is 5.09. The molecule has 0 radical (unpaired) electrons. The Morgan fingerprint density at radius 1 is 1.04 bits per heavy atom. The zero-order chi connectivity index (χ0) is 17.7. The van der Waals surface area contributed by atoms with Gasteiger partial charge in [0.1, 0.15) is 0 Å². The van der Waals surface area contributed by atoms with Crippen molar-refractivity contribution in [3.63, 3.8) is 0 Å². The maximum atomic E-state index is 12.3. The lowest BCUT2D eigenvalue weighted by atomic mass is 10.0. The molecule has 4 nitrogen and oxygen atoms in total. The van der Waals surface area contributed by atoms with Gasteiger partial charge < -0.3 is 5.32 Å². The zero-order valence-electron chi connectivity index (χ0n) is 13.8. The normalized spacial score (nSPS) is 19.0. The largest absolute Gasteiger partial charge is 0.352 e. The minimum atomic E-state index is -2.98. The number of sulfone groups is 1. The highest BCUT2D eigenvalue weighted by atomic mass is 32.2. The van der Waals surface area contributed by atoms with Gasteiger partial charge in [0, 0.05) is 6.04 Å². The first kappa shape index (κ1) is 18.0. The standard InChI is InChI=1S/C19H21NO3S2/c21-18(20-17-11-12-25(22,23)14-17)13-24-19(15-7-3-1-4-8-15)16-9-5-2-6-10-16/h1-10,17,19H,11-14H2,(H,20,21)/t17-/m1/s1. The van der Waals surface area contributed by atoms with Gasteiger partial charge in [-0.15, -0.1) is 11.8 Å². The van der Waals surface area contributed by atoms with Gasteiger partial charge in [-0.2, -0.15) is 0 Å². The van der Waals surface area contributed by atoms with E-state index in [-0.39, 0.29) is 28.7 Å². The van der Waals surface area contributed by atoms with E-state index in [1.165, 1.54) is 0 Å². The second kappa shape index (κ2) is 8.06. The summed E-state index contributed by atoms with van der Waals surface area (Å²) in [5.74, 6) is 0.417. The van der Waals surface area contributed by atoms with Crippen LogP contribution in [0.25, 0.3) is 0 Å². The molecule has 3 rings (SSSR count). The number of nitrogens with one attached hydrogen (secondary N) is 1. The first-order chi connectivity index (χ1) is 12.0. The Morgan fingerprint density at radius 3 is 2.08 bits per heavy atom. The van der Waals surface area contributed by atoms with Gasteiger partial charge in [0.2, 0.25) is 5.91 Å². The summed E-state index contributed by atoms with van der Waals surface area (Å²) in [5.41, 5.74) is 2.30. The topological polar surface area (TPSA) is 63.2 Å². The van der Waals surface area contributed by atoms with Crippen molar-refractivity contribution >= 4 is 27.5 Å². The molecule has 1 heterocycles. The summed E-state index contributed by atoms with van der Waals surface area (Å²) < 4.78 is 23.0. The second-order valence-corrected chi connectivity index (χ2v) is 9.50. The third-order valence-corrected chi connectivity index (χ3v) is 7.26. The molecule has 132 valence electrons. The Labute approximate surface area is 152 Å². The molecular formula is C19H21NO3S2. The monoisotopic (exact) mass is 375 g/mol. The van der Waals surface area contributed by atoms with Gasteiger partial charge in [-0.05, 0) is 17.5 Å². The number of amides is 1. The predicted molar refractivity (Wildman–Crippen MR) is 102 cm³/mol. The summed E-state index contributed by atoms with van der Waals surface area (Å²) >= 11 is 1.56. The van der Waals surface area contributed by atoms with E-state index in [1.807, 2.05) is 36.4 Å². The molecule has 0 unspecified atom stereocenters. The molecule has 1 aliphatic rings. The van der Waals surface area contributed by atoms with Crippen LogP contribution in [0.4, 0.5) is 0 Å². The maximum absolute atomic E-state index is 12.3. The number of rotatable bonds is 6. The molecule has 1 atom stereocenters. The minimum Gasteiger partial charge on any atom is -0.352 e. The van der Waals surface area contributed by atoms with Crippen LogP contribution < -0.4 is 5.32 Å². The summed E-state index contributed by atoms with van der Waals surface area (Å²) in [6.07, 6.45) is 0.513. The van der Waals surface area contributed by atoms with Gasteiger partial charge in [-0.3, -0.25) is 4.79 Å². The summed E-state index contributed by atoms with van der Waals surface area (Å²) in [6.45, 7) is 0. The van der Waals surface area contributed by atoms with Crippen LogP contribution in [0.15, 0.2) is 60.7 Å². The Morgan fingerprint density at radius 2 is 1.60 bits per heavy atom. The highest BCUT2D eigenvalue weighted by Gasteiger charge is 2.29. The lowest BCUT2D eigenvalue weighted by molar-refractivity contribution is -0.119. The molecule has 6 heteroatoms. The van der Waals surface area contributed by atoms with Gasteiger partial charge in [0.05, 0.1) is 22.5 Å². The quantitative estimate of drug-likeness (QED) is 0.843. The zero-order valence-corrected chi connectivity index (χ0v) is 15.4. The summed E-state index contributed by atoms with van der Waals surface area (Å²) in [6, 6.07) is 19.9. The molecule has 25 heavy (non-hydrogen) atoms. The Bertz CT molecular complexity index is 768. The van der Waals surface area contributed by atoms with E-state index < -0.39 is 9.84 Å². The van der Waals surface area contributed by atoms with E-state index in [0.29, 0.717) is 12.2 Å². The number of carbonyl (C=O) groups is 1. The fourth-order valence-electron chi connectivity index (χ4n) is 2.98. The highest BCUT2D eigenvalue weighted by molar-refractivity contribution is 8.00. The molecule has 0 aliphatic carbocycles. The minimum absolute atomic E-state index is 0.0597. The number of hydrogen-bond donors (Lipinski definition) is 1. The van der Waals surface area contributed by atoms with Crippen molar-refractivity contribution in [3.05, 3.63) is 71.8 Å². The highest BCUT2D eigenvalue weighted by Crippen LogP contribution is 2.35. The Kier molecular flexibility index (Phi) is 5.81. The Hall–Kier alpha value is -1.79. The first-order valence-corrected chi connectivity index (χ1v) is 11.1. The Balaban J connectivity index is 1.64. The van der Waals surface area contributed by atoms with E-state index in [2.05, 4.69) is 29.6 Å². The van der Waals surface area contributed by atoms with Crippen LogP contribution in [0.3, 0.4) is 0 Å². The molecular weight excluding hydrogens is 354 g/mol. The van der Waals surface area contributed by atoms with Crippen LogP contribution in [-0.4, -0.2) is 37.6 Å². The van der Waals surface area contributed by atoms with Crippen LogP contribution >= 0.6 is 11.8 Å². The van der Waals surface area contributed by atoms with E-state index in [4.69, 9.17) is 0 Å². The fraction of sp³-hybridized carbons (Fsp3) is 0.316. The molecule has 1 saturated heterocycles. The van der Waals surface area contributed by atoms with Crippen LogP contribution in [0.5, 0.6) is 0 Å². The van der Waals surface area contributed by atoms with Crippen LogP contribution in [-0.2, 0) is 14.6 Å². The average Bonchev–Trinajstić information content (AvgIpc) is 2.95. The second-order valence-electron chi connectivity index (χ2n) is 6.18. The maximum Gasteiger partial charge on any atom is 0.230 e. The molecule has 1 N–H and O–H groups in total. The molecule has 0 aromatic heterocycles. The third-order valence-electron chi connectivity index (χ3n) is 4.18. The van der Waals surface area contributed by atoms with Crippen molar-refractivity contribution in [2.75, 3.05) is 17.3 Å². The van der Waals surface area contributed by atoms with Crippen LogP contribution in [0.2, 0.25) is 0 Å². The van der Waals surface area contributed by atoms with Crippen molar-refractivity contribution in [1.29, 1.82) is 0 Å². The first-order valence-electron chi connectivity index (χ1n) is 8.25. The molecule has 2 aromatic rings. The van der Waals surface area contributed by atoms with Crippen LogP contribution in [0, 0.1) is 0 Å². The smallest absolute Gasteiger partial charge is 0.230 e. The van der Waals surface area contributed by atoms with Gasteiger partial charge >= 0.3 is 0 Å². The predicted octanol–water partition coefficient (Wildman–Crippen LogP) is 2.81. The summed E-state index contributed by atoms with van der Waals surface area (Å²) in [4.78, 5) is 12.3. The van der Waals surface area contributed by atoms with Crippen molar-refractivity contribution < 1.29 is 13.2 Å². The van der Waals surface area contributed by atoms with Gasteiger partial charge in [0.15, 0.2) is 9.84 Å². The van der Waals surface area contributed by atoms with Crippen molar-refractivity contribution in [2.45, 2.75) is 17.7 Å². The summed E-state index contributed by atoms with van der Waals surface area (Å²) in [5, 5.41) is 2.92. The van der Waals surface area contributed by atoms with Crippen molar-refractivity contribution in [1.82, 2.24) is 5.32 Å². The summed E-state index contributed by atoms with van der Waals surface area (Å²) in [7, 11) is -2.98. The van der Waals surface area contributed by atoms with E-state index in [1.54, 1.807) is 11.8 Å². The lowest BCUT2D eigenvalue weighted by Crippen LogP contribution is -2.36. The molecule has 2 aromatic carbocycles. The van der Waals surface area contributed by atoms with Gasteiger partial charge in [0.25, 0.3) is 0 Å². The molecule has 0 saturated carbocycles. The fourth-order valence-corrected chi connectivity index (χ4v) is 5.75. The average molecular weight is 376 g/mol. The van der Waals surface area contributed by atoms with Gasteiger partial charge in [-0.25, -0.2) is 8.42 Å². The number of hydrogen-bond acceptors (Lipinski definition) is 4. The number of carbonyl (C=O) groups excluding carboxylic acids is 1. The van der Waals surface area contributed by atoms with Crippen molar-refractivity contribution in [2.24, 2.45) is 0 Å². The van der Waals surface area contributed by atoms with E-state index in [0.717, 1.165) is 11.1 Å². The number of thioether (sulfide) groups is 1. The van der Waals surface area contributed by atoms with E-state index in [9.17, 15) is 13.2 Å². The van der Waals surface area contributed by atoms with Gasteiger partial charge in [-0.1, -0.05) is 60.7 Å². The molecule has 1 amide bonds. The van der Waals surface area contributed by atoms with Crippen molar-refractivity contribution in [3.8, 4) is 0 Å². The van der Waals surface area contributed by atoms with E-state index >= 15 is 0 Å². The lowest BCUT2D eigenvalue weighted by Gasteiger charge is -2.18. The molecule has 0 bridgehead atoms. The molecule has 1 fully saturated rings. The molecule has 1 aliphatic heterocycles. The van der Waals surface area contributed by atoms with Crippen LogP contribution in [0.1, 0.15) is 22.8 Å². The SMILES string of the molecule is O=C(CSC(c1ccccc1)c1ccccc1)N[C@@H]1CCS(=O)(=O)C1. The number of benzene rings is 2.